The lowest BCUT2D eigenvalue weighted by atomic mass is 10.0. The van der Waals surface area contributed by atoms with Crippen LogP contribution in [0.15, 0.2) is 29.3 Å². The van der Waals surface area contributed by atoms with E-state index in [9.17, 15) is 4.79 Å². The Kier molecular flexibility index (Phi) is 5.63. The first-order valence-corrected chi connectivity index (χ1v) is 7.57. The van der Waals surface area contributed by atoms with Gasteiger partial charge in [0, 0.05) is 18.8 Å². The topological polar surface area (TPSA) is 79.9 Å². The molecule has 1 saturated heterocycles. The molecular weight excluding hydrogens is 280 g/mol. The number of carbonyl (C=O) groups is 1. The van der Waals surface area contributed by atoms with E-state index in [0.717, 1.165) is 18.7 Å². The molecule has 2 rings (SSSR count). The Bertz CT molecular complexity index is 527. The van der Waals surface area contributed by atoms with Crippen molar-refractivity contribution in [1.29, 1.82) is 0 Å². The zero-order valence-electron chi connectivity index (χ0n) is 13.2. The van der Waals surface area contributed by atoms with Gasteiger partial charge in [0.2, 0.25) is 0 Å². The van der Waals surface area contributed by atoms with Crippen LogP contribution in [0.4, 0.5) is 10.5 Å². The molecule has 0 spiro atoms. The summed E-state index contributed by atoms with van der Waals surface area (Å²) in [4.78, 5) is 17.7. The fourth-order valence-corrected chi connectivity index (χ4v) is 2.53. The Hall–Kier alpha value is -2.24. The van der Waals surface area contributed by atoms with Gasteiger partial charge in [0.15, 0.2) is 5.96 Å². The Morgan fingerprint density at radius 1 is 1.45 bits per heavy atom. The molecule has 120 valence electrons. The third kappa shape index (κ3) is 4.65. The maximum absolute atomic E-state index is 11.1. The predicted molar refractivity (Wildman–Crippen MR) is 87.8 cm³/mol. The molecule has 1 amide bonds. The summed E-state index contributed by atoms with van der Waals surface area (Å²) in [5.74, 6) is 1.29. The Morgan fingerprint density at radius 2 is 2.18 bits per heavy atom. The zero-order valence-corrected chi connectivity index (χ0v) is 13.2. The SMILES string of the molecule is COC(=O)Nc1ccc(CN=C(N)N2CCCC(C)C2)cc1. The second-order valence-corrected chi connectivity index (χ2v) is 5.68. The summed E-state index contributed by atoms with van der Waals surface area (Å²) in [6.45, 7) is 4.75. The standard InChI is InChI=1S/C16H24N4O2/c1-12-4-3-9-20(11-12)15(17)18-10-13-5-7-14(8-6-13)19-16(21)22-2/h5-8,12H,3-4,9-11H2,1-2H3,(H2,17,18)(H,19,21). The monoisotopic (exact) mass is 304 g/mol. The van der Waals surface area contributed by atoms with Crippen molar-refractivity contribution in [2.45, 2.75) is 26.3 Å². The number of ether oxygens (including phenoxy) is 1. The number of likely N-dealkylation sites (tertiary alicyclic amines) is 1. The van der Waals surface area contributed by atoms with Crippen molar-refractivity contribution in [3.05, 3.63) is 29.8 Å². The van der Waals surface area contributed by atoms with Crippen LogP contribution >= 0.6 is 0 Å². The van der Waals surface area contributed by atoms with Crippen molar-refractivity contribution in [3.8, 4) is 0 Å². The molecule has 3 N–H and O–H groups in total. The normalized spacial score (nSPS) is 18.9. The molecule has 0 aliphatic carbocycles. The van der Waals surface area contributed by atoms with Crippen molar-refractivity contribution >= 4 is 17.7 Å². The number of rotatable bonds is 3. The summed E-state index contributed by atoms with van der Waals surface area (Å²) in [6.07, 6.45) is 1.96. The highest BCUT2D eigenvalue weighted by Gasteiger charge is 2.17. The summed E-state index contributed by atoms with van der Waals surface area (Å²) in [7, 11) is 1.34. The van der Waals surface area contributed by atoms with E-state index < -0.39 is 6.09 Å². The fraction of sp³-hybridized carbons (Fsp3) is 0.500. The Balaban J connectivity index is 1.90. The number of methoxy groups -OCH3 is 1. The van der Waals surface area contributed by atoms with E-state index in [1.54, 1.807) is 0 Å². The van der Waals surface area contributed by atoms with Crippen LogP contribution in [0.5, 0.6) is 0 Å². The molecule has 0 radical (unpaired) electrons. The average Bonchev–Trinajstić information content (AvgIpc) is 2.53. The highest BCUT2D eigenvalue weighted by atomic mass is 16.5. The summed E-state index contributed by atoms with van der Waals surface area (Å²) < 4.78 is 4.55. The third-order valence-corrected chi connectivity index (χ3v) is 3.79. The van der Waals surface area contributed by atoms with Crippen molar-refractivity contribution in [3.63, 3.8) is 0 Å². The molecule has 1 aromatic carbocycles. The Labute approximate surface area is 131 Å². The van der Waals surface area contributed by atoms with Crippen LogP contribution in [0, 0.1) is 5.92 Å². The van der Waals surface area contributed by atoms with Gasteiger partial charge in [-0.3, -0.25) is 5.32 Å². The number of aliphatic imine (C=N–C) groups is 1. The van der Waals surface area contributed by atoms with E-state index in [1.165, 1.54) is 20.0 Å². The van der Waals surface area contributed by atoms with Crippen LogP contribution in [-0.2, 0) is 11.3 Å². The quantitative estimate of drug-likeness (QED) is 0.664. The van der Waals surface area contributed by atoms with Crippen LogP contribution in [0.1, 0.15) is 25.3 Å². The van der Waals surface area contributed by atoms with Gasteiger partial charge >= 0.3 is 6.09 Å². The summed E-state index contributed by atoms with van der Waals surface area (Å²) in [5, 5.41) is 2.61. The number of nitrogens with zero attached hydrogens (tertiary/aromatic N) is 2. The van der Waals surface area contributed by atoms with Crippen molar-refractivity contribution in [2.75, 3.05) is 25.5 Å². The number of nitrogens with one attached hydrogen (secondary N) is 1. The molecule has 1 aromatic rings. The van der Waals surface area contributed by atoms with Gasteiger partial charge in [-0.15, -0.1) is 0 Å². The molecule has 6 nitrogen and oxygen atoms in total. The third-order valence-electron chi connectivity index (χ3n) is 3.79. The predicted octanol–water partition coefficient (Wildman–Crippen LogP) is 2.41. The van der Waals surface area contributed by atoms with Crippen LogP contribution in [0.2, 0.25) is 0 Å². The van der Waals surface area contributed by atoms with Crippen LogP contribution in [0.3, 0.4) is 0 Å². The first-order valence-electron chi connectivity index (χ1n) is 7.57. The van der Waals surface area contributed by atoms with Gasteiger partial charge in [0.1, 0.15) is 0 Å². The molecule has 1 unspecified atom stereocenters. The van der Waals surface area contributed by atoms with Crippen molar-refractivity contribution in [1.82, 2.24) is 4.90 Å². The smallest absolute Gasteiger partial charge is 0.411 e. The molecule has 1 heterocycles. The van der Waals surface area contributed by atoms with Gasteiger partial charge in [-0.25, -0.2) is 9.79 Å². The molecule has 6 heteroatoms. The van der Waals surface area contributed by atoms with Gasteiger partial charge in [0.25, 0.3) is 0 Å². The minimum atomic E-state index is -0.478. The molecule has 0 aromatic heterocycles. The molecule has 22 heavy (non-hydrogen) atoms. The number of carbonyl (C=O) groups excluding carboxylic acids is 1. The van der Waals surface area contributed by atoms with E-state index in [1.807, 2.05) is 24.3 Å². The number of hydrogen-bond donors (Lipinski definition) is 2. The van der Waals surface area contributed by atoms with Gasteiger partial charge in [-0.05, 0) is 36.5 Å². The van der Waals surface area contributed by atoms with E-state index >= 15 is 0 Å². The van der Waals surface area contributed by atoms with Gasteiger partial charge in [0.05, 0.1) is 13.7 Å². The van der Waals surface area contributed by atoms with Crippen LogP contribution in [-0.4, -0.2) is 37.2 Å². The Morgan fingerprint density at radius 3 is 2.82 bits per heavy atom. The number of guanidine groups is 1. The minimum absolute atomic E-state index is 0.478. The molecule has 1 atom stereocenters. The number of nitrogens with two attached hydrogens (primary N) is 1. The number of anilines is 1. The number of benzene rings is 1. The fourth-order valence-electron chi connectivity index (χ4n) is 2.53. The molecule has 1 fully saturated rings. The highest BCUT2D eigenvalue weighted by molar-refractivity contribution is 5.84. The summed E-state index contributed by atoms with van der Waals surface area (Å²) in [5.41, 5.74) is 7.81. The van der Waals surface area contributed by atoms with Crippen LogP contribution in [0.25, 0.3) is 0 Å². The van der Waals surface area contributed by atoms with E-state index in [4.69, 9.17) is 5.73 Å². The number of piperidine rings is 1. The maximum atomic E-state index is 11.1. The summed E-state index contributed by atoms with van der Waals surface area (Å²) in [6, 6.07) is 7.48. The zero-order chi connectivity index (χ0) is 15.9. The summed E-state index contributed by atoms with van der Waals surface area (Å²) >= 11 is 0. The highest BCUT2D eigenvalue weighted by Crippen LogP contribution is 2.15. The van der Waals surface area contributed by atoms with Crippen molar-refractivity contribution in [2.24, 2.45) is 16.6 Å². The molecule has 1 aliphatic rings. The number of amides is 1. The second-order valence-electron chi connectivity index (χ2n) is 5.68. The molecule has 0 saturated carbocycles. The molecular formula is C16H24N4O2. The molecule has 0 bridgehead atoms. The van der Waals surface area contributed by atoms with E-state index in [-0.39, 0.29) is 0 Å². The number of hydrogen-bond acceptors (Lipinski definition) is 3. The lowest BCUT2D eigenvalue weighted by Gasteiger charge is -2.31. The largest absolute Gasteiger partial charge is 0.453 e. The van der Waals surface area contributed by atoms with Crippen LogP contribution < -0.4 is 11.1 Å². The van der Waals surface area contributed by atoms with E-state index in [2.05, 4.69) is 26.9 Å². The van der Waals surface area contributed by atoms with Crippen molar-refractivity contribution < 1.29 is 9.53 Å². The molecule has 1 aliphatic heterocycles. The van der Waals surface area contributed by atoms with Gasteiger partial charge in [-0.2, -0.15) is 0 Å². The maximum Gasteiger partial charge on any atom is 0.411 e. The first-order chi connectivity index (χ1) is 10.6. The van der Waals surface area contributed by atoms with Gasteiger partial charge < -0.3 is 15.4 Å². The average molecular weight is 304 g/mol. The first kappa shape index (κ1) is 16.1. The second kappa shape index (κ2) is 7.68. The van der Waals surface area contributed by atoms with E-state index in [0.29, 0.717) is 24.1 Å². The van der Waals surface area contributed by atoms with Gasteiger partial charge in [-0.1, -0.05) is 19.1 Å². The lowest BCUT2D eigenvalue weighted by Crippen LogP contribution is -2.43. The minimum Gasteiger partial charge on any atom is -0.453 e. The lowest BCUT2D eigenvalue weighted by molar-refractivity contribution is 0.187.